The largest absolute Gasteiger partial charge is 0.439 e. The zero-order valence-corrected chi connectivity index (χ0v) is 10.4. The first-order valence-electron chi connectivity index (χ1n) is 5.73. The number of benzene rings is 1. The number of furan rings is 1. The predicted octanol–water partition coefficient (Wildman–Crippen LogP) is 4.05. The number of nitrogens with two attached hydrogens (primary N) is 1. The summed E-state index contributed by atoms with van der Waals surface area (Å²) in [5.41, 5.74) is 6.76. The zero-order valence-electron chi connectivity index (χ0n) is 9.62. The lowest BCUT2D eigenvalue weighted by Gasteiger charge is -1.97. The highest BCUT2D eigenvalue weighted by atomic mass is 32.1. The molecule has 0 aliphatic heterocycles. The van der Waals surface area contributed by atoms with Crippen LogP contribution in [0.1, 0.15) is 13.3 Å². The number of thiophene rings is 1. The second-order valence-corrected chi connectivity index (χ2v) is 5.17. The minimum Gasteiger partial charge on any atom is -0.439 e. The second kappa shape index (κ2) is 3.96. The fourth-order valence-corrected chi connectivity index (χ4v) is 2.87. The van der Waals surface area contributed by atoms with Gasteiger partial charge in [-0.2, -0.15) is 0 Å². The molecule has 17 heavy (non-hydrogen) atoms. The molecule has 0 amide bonds. The van der Waals surface area contributed by atoms with Crippen molar-refractivity contribution < 1.29 is 4.42 Å². The first kappa shape index (κ1) is 10.5. The van der Waals surface area contributed by atoms with E-state index < -0.39 is 0 Å². The van der Waals surface area contributed by atoms with Crippen LogP contribution in [0, 0.1) is 0 Å². The van der Waals surface area contributed by atoms with Crippen molar-refractivity contribution in [3.8, 4) is 0 Å². The number of hydrogen-bond donors (Lipinski definition) is 2. The highest BCUT2D eigenvalue weighted by molar-refractivity contribution is 7.23. The van der Waals surface area contributed by atoms with Crippen molar-refractivity contribution in [2.75, 3.05) is 17.6 Å². The lowest BCUT2D eigenvalue weighted by Crippen LogP contribution is -1.97. The Bertz CT molecular complexity index is 668. The van der Waals surface area contributed by atoms with Crippen LogP contribution in [0.4, 0.5) is 10.9 Å². The van der Waals surface area contributed by atoms with Crippen molar-refractivity contribution in [3.63, 3.8) is 0 Å². The van der Waals surface area contributed by atoms with Crippen LogP contribution >= 0.6 is 11.3 Å². The molecule has 0 radical (unpaired) electrons. The van der Waals surface area contributed by atoms with Crippen molar-refractivity contribution in [3.05, 3.63) is 24.3 Å². The molecule has 0 unspecified atom stereocenters. The molecule has 0 saturated carbocycles. The Balaban J connectivity index is 2.16. The maximum atomic E-state index is 5.84. The molecule has 2 aromatic heterocycles. The fraction of sp³-hybridized carbons (Fsp3) is 0.231. The summed E-state index contributed by atoms with van der Waals surface area (Å²) in [6.45, 7) is 3.06. The van der Waals surface area contributed by atoms with Crippen molar-refractivity contribution in [1.29, 1.82) is 0 Å². The molecule has 1 aromatic carbocycles. The normalized spacial score (nSPS) is 11.4. The van der Waals surface area contributed by atoms with Gasteiger partial charge >= 0.3 is 0 Å². The summed E-state index contributed by atoms with van der Waals surface area (Å²) in [5.74, 6) is 0.835. The molecule has 0 fully saturated rings. The van der Waals surface area contributed by atoms with Crippen LogP contribution < -0.4 is 11.1 Å². The summed E-state index contributed by atoms with van der Waals surface area (Å²) < 4.78 is 6.97. The third kappa shape index (κ3) is 1.74. The van der Waals surface area contributed by atoms with Gasteiger partial charge in [0.1, 0.15) is 0 Å². The number of rotatable bonds is 3. The molecule has 4 heteroatoms. The van der Waals surface area contributed by atoms with Gasteiger partial charge in [0.05, 0.1) is 9.70 Å². The Labute approximate surface area is 103 Å². The van der Waals surface area contributed by atoms with E-state index in [1.54, 1.807) is 11.3 Å². The minimum atomic E-state index is 0.826. The third-order valence-electron chi connectivity index (χ3n) is 2.74. The maximum Gasteiger partial charge on any atom is 0.194 e. The Morgan fingerprint density at radius 1 is 1.29 bits per heavy atom. The van der Waals surface area contributed by atoms with Gasteiger partial charge in [-0.1, -0.05) is 19.1 Å². The molecule has 88 valence electrons. The molecule has 3 rings (SSSR count). The Kier molecular flexibility index (Phi) is 2.44. The number of nitrogen functional groups attached to an aromatic ring is 1. The Morgan fingerprint density at radius 2 is 2.12 bits per heavy atom. The molecular weight excluding hydrogens is 232 g/mol. The molecule has 0 bridgehead atoms. The van der Waals surface area contributed by atoms with Crippen molar-refractivity contribution in [2.45, 2.75) is 13.3 Å². The molecule has 3 aromatic rings. The minimum absolute atomic E-state index is 0.826. The summed E-state index contributed by atoms with van der Waals surface area (Å²) in [6.07, 6.45) is 1.08. The average molecular weight is 246 g/mol. The second-order valence-electron chi connectivity index (χ2n) is 4.09. The average Bonchev–Trinajstić information content (AvgIpc) is 2.87. The van der Waals surface area contributed by atoms with Gasteiger partial charge in [-0.05, 0) is 17.9 Å². The van der Waals surface area contributed by atoms with Gasteiger partial charge in [-0.25, -0.2) is 0 Å². The molecule has 2 heterocycles. The van der Waals surface area contributed by atoms with E-state index in [4.69, 9.17) is 10.2 Å². The molecular formula is C13H14N2OS. The molecule has 0 atom stereocenters. The highest BCUT2D eigenvalue weighted by Gasteiger charge is 2.09. The van der Waals surface area contributed by atoms with Crippen LogP contribution in [0.3, 0.4) is 0 Å². The number of nitrogens with one attached hydrogen (secondary N) is 1. The van der Waals surface area contributed by atoms with Gasteiger partial charge in [-0.15, -0.1) is 11.3 Å². The molecule has 0 aliphatic carbocycles. The van der Waals surface area contributed by atoms with Gasteiger partial charge in [-0.3, -0.25) is 0 Å². The van der Waals surface area contributed by atoms with E-state index in [9.17, 15) is 0 Å². The molecule has 3 nitrogen and oxygen atoms in total. The van der Waals surface area contributed by atoms with Crippen LogP contribution in [0.15, 0.2) is 28.7 Å². The van der Waals surface area contributed by atoms with E-state index in [1.807, 2.05) is 12.1 Å². The lowest BCUT2D eigenvalue weighted by atomic mass is 10.2. The highest BCUT2D eigenvalue weighted by Crippen LogP contribution is 2.36. The van der Waals surface area contributed by atoms with Crippen molar-refractivity contribution in [1.82, 2.24) is 0 Å². The monoisotopic (exact) mass is 246 g/mol. The lowest BCUT2D eigenvalue weighted by molar-refractivity contribution is 0.629. The number of hydrogen-bond acceptors (Lipinski definition) is 4. The number of anilines is 2. The maximum absolute atomic E-state index is 5.84. The zero-order chi connectivity index (χ0) is 11.8. The molecule has 0 aliphatic rings. The van der Waals surface area contributed by atoms with E-state index in [0.717, 1.165) is 44.9 Å². The third-order valence-corrected chi connectivity index (χ3v) is 3.72. The van der Waals surface area contributed by atoms with Gasteiger partial charge in [0, 0.05) is 18.0 Å². The Morgan fingerprint density at radius 3 is 2.94 bits per heavy atom. The van der Waals surface area contributed by atoms with E-state index >= 15 is 0 Å². The number of fused-ring (bicyclic) bond motifs is 3. The summed E-state index contributed by atoms with van der Waals surface area (Å²) in [6, 6.07) is 8.19. The van der Waals surface area contributed by atoms with Crippen LogP contribution in [-0.4, -0.2) is 6.54 Å². The topological polar surface area (TPSA) is 51.2 Å². The van der Waals surface area contributed by atoms with E-state index in [0.29, 0.717) is 0 Å². The van der Waals surface area contributed by atoms with E-state index in [-0.39, 0.29) is 0 Å². The van der Waals surface area contributed by atoms with Gasteiger partial charge < -0.3 is 15.5 Å². The Hall–Kier alpha value is -1.68. The smallest absolute Gasteiger partial charge is 0.194 e. The molecule has 3 N–H and O–H groups in total. The fourth-order valence-electron chi connectivity index (χ4n) is 1.95. The summed E-state index contributed by atoms with van der Waals surface area (Å²) in [7, 11) is 0. The van der Waals surface area contributed by atoms with Crippen LogP contribution in [-0.2, 0) is 0 Å². The summed E-state index contributed by atoms with van der Waals surface area (Å²) >= 11 is 1.58. The van der Waals surface area contributed by atoms with Gasteiger partial charge in [0.2, 0.25) is 0 Å². The summed E-state index contributed by atoms with van der Waals surface area (Å²) in [4.78, 5) is 0. The van der Waals surface area contributed by atoms with Crippen molar-refractivity contribution >= 4 is 43.3 Å². The summed E-state index contributed by atoms with van der Waals surface area (Å²) in [5, 5.41) is 6.36. The van der Waals surface area contributed by atoms with Crippen LogP contribution in [0.5, 0.6) is 0 Å². The van der Waals surface area contributed by atoms with E-state index in [1.165, 1.54) is 0 Å². The van der Waals surface area contributed by atoms with Crippen LogP contribution in [0.25, 0.3) is 21.1 Å². The van der Waals surface area contributed by atoms with Crippen LogP contribution in [0.2, 0.25) is 0 Å². The first-order valence-corrected chi connectivity index (χ1v) is 6.55. The van der Waals surface area contributed by atoms with E-state index in [2.05, 4.69) is 24.4 Å². The SMILES string of the molecule is CCCNc1cc2ccc3cc(N)sc3c2o1. The standard InChI is InChI=1S/C13H14N2OS/c1-2-5-15-11-7-8-3-4-9-6-10(14)17-13(9)12(8)16-11/h3-4,6-7,15H,2,5,14H2,1H3. The predicted molar refractivity (Wildman–Crippen MR) is 74.8 cm³/mol. The van der Waals surface area contributed by atoms with Crippen molar-refractivity contribution in [2.24, 2.45) is 0 Å². The molecule has 0 saturated heterocycles. The first-order chi connectivity index (χ1) is 8.28. The molecule has 0 spiro atoms. The van der Waals surface area contributed by atoms with Gasteiger partial charge in [0.15, 0.2) is 11.5 Å². The van der Waals surface area contributed by atoms with Gasteiger partial charge in [0.25, 0.3) is 0 Å². The quantitative estimate of drug-likeness (QED) is 0.733.